The first-order valence-corrected chi connectivity index (χ1v) is 10.1. The summed E-state index contributed by atoms with van der Waals surface area (Å²) in [6.07, 6.45) is -2.80. The van der Waals surface area contributed by atoms with Crippen molar-refractivity contribution in [3.8, 4) is 0 Å². The Morgan fingerprint density at radius 3 is 2.45 bits per heavy atom. The molecule has 0 saturated carbocycles. The maximum Gasteiger partial charge on any atom is 0.416 e. The van der Waals surface area contributed by atoms with E-state index in [2.05, 4.69) is 0 Å². The van der Waals surface area contributed by atoms with E-state index < -0.39 is 29.4 Å². The Labute approximate surface area is 177 Å². The van der Waals surface area contributed by atoms with Gasteiger partial charge in [0.1, 0.15) is 11.6 Å². The molecule has 2 aliphatic rings. The fourth-order valence-corrected chi connectivity index (χ4v) is 4.46. The Morgan fingerprint density at radius 2 is 1.84 bits per heavy atom. The number of alkyl halides is 3. The van der Waals surface area contributed by atoms with Crippen molar-refractivity contribution in [2.75, 3.05) is 18.0 Å². The second kappa shape index (κ2) is 7.90. The lowest BCUT2D eigenvalue weighted by molar-refractivity contribution is -0.137. The van der Waals surface area contributed by atoms with E-state index in [1.165, 1.54) is 24.3 Å². The molecule has 0 aliphatic carbocycles. The molecule has 2 aromatic rings. The molecule has 1 N–H and O–H groups in total. The Bertz CT molecular complexity index is 1040. The highest BCUT2D eigenvalue weighted by Crippen LogP contribution is 2.45. The third kappa shape index (κ3) is 3.98. The molecule has 2 aliphatic heterocycles. The number of likely N-dealkylation sites (tertiary alicyclic amines) is 1. The zero-order valence-corrected chi connectivity index (χ0v) is 16.9. The van der Waals surface area contributed by atoms with Crippen LogP contribution >= 0.6 is 0 Å². The molecule has 8 heteroatoms. The predicted octanol–water partition coefficient (Wildman–Crippen LogP) is 5.36. The molecule has 1 unspecified atom stereocenters. The number of halogens is 4. The number of benzene rings is 2. The van der Waals surface area contributed by atoms with Crippen LogP contribution in [-0.4, -0.2) is 29.1 Å². The Balaban J connectivity index is 1.92. The van der Waals surface area contributed by atoms with Crippen molar-refractivity contribution in [1.82, 2.24) is 4.90 Å². The van der Waals surface area contributed by atoms with Crippen molar-refractivity contribution in [2.45, 2.75) is 38.4 Å². The number of hydrogen-bond acceptors (Lipinski definition) is 3. The fourth-order valence-electron chi connectivity index (χ4n) is 4.46. The average molecular weight is 434 g/mol. The molecule has 1 fully saturated rings. The van der Waals surface area contributed by atoms with Crippen LogP contribution in [0.1, 0.15) is 42.4 Å². The van der Waals surface area contributed by atoms with E-state index in [1.807, 2.05) is 4.90 Å². The highest BCUT2D eigenvalue weighted by molar-refractivity contribution is 5.92. The van der Waals surface area contributed by atoms with Gasteiger partial charge in [-0.15, -0.1) is 0 Å². The van der Waals surface area contributed by atoms with Crippen molar-refractivity contribution < 1.29 is 27.5 Å². The van der Waals surface area contributed by atoms with E-state index >= 15 is 0 Å². The summed E-state index contributed by atoms with van der Waals surface area (Å²) in [4.78, 5) is 15.8. The van der Waals surface area contributed by atoms with Gasteiger partial charge in [0.15, 0.2) is 0 Å². The lowest BCUT2D eigenvalue weighted by Gasteiger charge is -2.41. The van der Waals surface area contributed by atoms with Gasteiger partial charge < -0.3 is 14.9 Å². The van der Waals surface area contributed by atoms with Gasteiger partial charge in [-0.2, -0.15) is 13.2 Å². The molecule has 0 bridgehead atoms. The minimum absolute atomic E-state index is 0.0569. The molecule has 0 amide bonds. The average Bonchev–Trinajstić information content (AvgIpc) is 3.23. The molecule has 4 nitrogen and oxygen atoms in total. The van der Waals surface area contributed by atoms with Gasteiger partial charge in [0, 0.05) is 31.2 Å². The van der Waals surface area contributed by atoms with Crippen molar-refractivity contribution >= 4 is 11.7 Å². The minimum atomic E-state index is -4.53. The molecule has 0 aromatic heterocycles. The van der Waals surface area contributed by atoms with E-state index in [-0.39, 0.29) is 12.1 Å². The number of nitrogens with zero attached hydrogens (tertiary/aromatic N) is 2. The second-order valence-corrected chi connectivity index (χ2v) is 7.95. The van der Waals surface area contributed by atoms with Crippen LogP contribution in [0.5, 0.6) is 0 Å². The number of carboxylic acid groups (broad SMARTS) is 1. The van der Waals surface area contributed by atoms with Crippen LogP contribution in [0.3, 0.4) is 0 Å². The van der Waals surface area contributed by atoms with Crippen molar-refractivity contribution in [1.29, 1.82) is 0 Å². The topological polar surface area (TPSA) is 43.8 Å². The first kappa shape index (κ1) is 21.2. The maximum absolute atomic E-state index is 13.8. The second-order valence-electron chi connectivity index (χ2n) is 7.95. The summed E-state index contributed by atoms with van der Waals surface area (Å²) in [5, 5.41) is 10.0. The van der Waals surface area contributed by atoms with Crippen LogP contribution in [0.4, 0.5) is 23.2 Å². The fraction of sp³-hybridized carbons (Fsp3) is 0.348. The molecule has 1 saturated heterocycles. The number of carbonyl (C=O) groups is 1. The Kier molecular flexibility index (Phi) is 5.41. The molecule has 0 radical (unpaired) electrons. The van der Waals surface area contributed by atoms with E-state index in [1.54, 1.807) is 17.9 Å². The Morgan fingerprint density at radius 1 is 1.13 bits per heavy atom. The van der Waals surface area contributed by atoms with Gasteiger partial charge in [0.05, 0.1) is 11.1 Å². The third-order valence-corrected chi connectivity index (χ3v) is 5.91. The van der Waals surface area contributed by atoms with Gasteiger partial charge in [-0.25, -0.2) is 9.18 Å². The molecular formula is C23H22F4N2O2. The predicted molar refractivity (Wildman–Crippen MR) is 108 cm³/mol. The molecule has 0 spiro atoms. The van der Waals surface area contributed by atoms with Crippen molar-refractivity contribution in [3.63, 3.8) is 0 Å². The maximum atomic E-state index is 13.8. The highest BCUT2D eigenvalue weighted by atomic mass is 19.4. The number of fused-ring (bicyclic) bond motifs is 1. The van der Waals surface area contributed by atoms with E-state index in [9.17, 15) is 27.5 Å². The zero-order chi connectivity index (χ0) is 22.3. The van der Waals surface area contributed by atoms with Gasteiger partial charge in [-0.05, 0) is 48.2 Å². The van der Waals surface area contributed by atoms with E-state index in [4.69, 9.17) is 0 Å². The normalized spacial score (nSPS) is 19.1. The summed E-state index contributed by atoms with van der Waals surface area (Å²) in [5.74, 6) is -1.76. The molecule has 164 valence electrons. The van der Waals surface area contributed by atoms with Gasteiger partial charge in [-0.1, -0.05) is 25.1 Å². The van der Waals surface area contributed by atoms with Crippen LogP contribution in [0.2, 0.25) is 0 Å². The summed E-state index contributed by atoms with van der Waals surface area (Å²) >= 11 is 0. The van der Waals surface area contributed by atoms with E-state index in [0.717, 1.165) is 25.0 Å². The van der Waals surface area contributed by atoms with E-state index in [0.29, 0.717) is 35.7 Å². The smallest absolute Gasteiger partial charge is 0.416 e. The van der Waals surface area contributed by atoms with Crippen molar-refractivity contribution in [2.24, 2.45) is 0 Å². The number of anilines is 1. The highest BCUT2D eigenvalue weighted by Gasteiger charge is 2.39. The Hall–Kier alpha value is -3.03. The van der Waals surface area contributed by atoms with Crippen LogP contribution in [0.15, 0.2) is 53.9 Å². The molecular weight excluding hydrogens is 412 g/mol. The van der Waals surface area contributed by atoms with Crippen LogP contribution in [0.25, 0.3) is 0 Å². The lowest BCUT2D eigenvalue weighted by atomic mass is 9.86. The quantitative estimate of drug-likeness (QED) is 0.658. The number of aliphatic carboxylic acids is 1. The van der Waals surface area contributed by atoms with Crippen molar-refractivity contribution in [3.05, 3.63) is 76.4 Å². The van der Waals surface area contributed by atoms with Gasteiger partial charge in [0.2, 0.25) is 0 Å². The summed E-state index contributed by atoms with van der Waals surface area (Å²) in [7, 11) is 0. The van der Waals surface area contributed by atoms with Gasteiger partial charge in [0.25, 0.3) is 0 Å². The van der Waals surface area contributed by atoms with Gasteiger partial charge in [-0.3, -0.25) is 0 Å². The van der Waals surface area contributed by atoms with Crippen LogP contribution in [0, 0.1) is 5.82 Å². The summed E-state index contributed by atoms with van der Waals surface area (Å²) in [6.45, 7) is 2.99. The lowest BCUT2D eigenvalue weighted by Crippen LogP contribution is -2.40. The molecule has 31 heavy (non-hydrogen) atoms. The van der Waals surface area contributed by atoms with Crippen LogP contribution < -0.4 is 4.90 Å². The minimum Gasteiger partial charge on any atom is -0.478 e. The summed E-state index contributed by atoms with van der Waals surface area (Å²) < 4.78 is 54.3. The molecule has 1 atom stereocenters. The summed E-state index contributed by atoms with van der Waals surface area (Å²) in [6, 6.07) is 9.21. The molecule has 2 aromatic carbocycles. The largest absolute Gasteiger partial charge is 0.478 e. The standard InChI is InChI=1S/C23H22F4N2O2/c1-14-18-8-7-16(23(25,26)27)12-19(18)29(13-15-5-4-6-17(24)11-15)21(20(14)22(30)31)28-9-2-3-10-28/h4-8,11-12,14H,2-3,9-10,13H2,1H3,(H,30,31). The molecule has 2 heterocycles. The van der Waals surface area contributed by atoms with Gasteiger partial charge >= 0.3 is 12.1 Å². The first-order chi connectivity index (χ1) is 14.7. The number of rotatable bonds is 4. The third-order valence-electron chi connectivity index (χ3n) is 5.91. The summed E-state index contributed by atoms with van der Waals surface area (Å²) in [5.41, 5.74) is 0.690. The zero-order valence-electron chi connectivity index (χ0n) is 16.9. The monoisotopic (exact) mass is 434 g/mol. The number of carboxylic acids is 1. The SMILES string of the molecule is CC1C(C(=O)O)=C(N2CCCC2)N(Cc2cccc(F)c2)c2cc(C(F)(F)F)ccc21. The first-order valence-electron chi connectivity index (χ1n) is 10.1. The van der Waals surface area contributed by atoms with Crippen LogP contribution in [-0.2, 0) is 17.5 Å². The number of hydrogen-bond donors (Lipinski definition) is 1. The molecule has 4 rings (SSSR count).